The van der Waals surface area contributed by atoms with Gasteiger partial charge in [0.25, 0.3) is 0 Å². The van der Waals surface area contributed by atoms with Crippen LogP contribution in [-0.2, 0) is 11.2 Å². The lowest BCUT2D eigenvalue weighted by molar-refractivity contribution is -0.143. The van der Waals surface area contributed by atoms with Gasteiger partial charge in [-0.25, -0.2) is 0 Å². The lowest BCUT2D eigenvalue weighted by Gasteiger charge is -2.38. The van der Waals surface area contributed by atoms with E-state index in [1.807, 2.05) is 0 Å². The third kappa shape index (κ3) is 3.43. The molecule has 2 aromatic rings. The molecule has 3 heterocycles. The largest absolute Gasteiger partial charge is 0.493 e. The van der Waals surface area contributed by atoms with Gasteiger partial charge >= 0.3 is 0 Å². The van der Waals surface area contributed by atoms with Crippen LogP contribution in [-0.4, -0.2) is 43.6 Å². The number of nitrogens with zero attached hydrogens (tertiary/aromatic N) is 1. The monoisotopic (exact) mass is 411 g/mol. The first-order chi connectivity index (χ1) is 13.0. The van der Waals surface area contributed by atoms with Crippen molar-refractivity contribution in [2.75, 3.05) is 33.5 Å². The average Bonchev–Trinajstić information content (AvgIpc) is 2.84. The van der Waals surface area contributed by atoms with Gasteiger partial charge < -0.3 is 24.1 Å². The molecule has 0 aliphatic carbocycles. The Morgan fingerprint density at radius 3 is 2.37 bits per heavy atom. The second-order valence-electron chi connectivity index (χ2n) is 6.89. The second-order valence-corrected chi connectivity index (χ2v) is 7.70. The van der Waals surface area contributed by atoms with Crippen molar-refractivity contribution >= 4 is 23.2 Å². The number of pyridine rings is 1. The minimum Gasteiger partial charge on any atom is -0.493 e. The lowest BCUT2D eigenvalue weighted by Crippen LogP contribution is -2.50. The molecule has 6 nitrogen and oxygen atoms in total. The fraction of sp³-hybridized carbons (Fsp3) is 0.421. The van der Waals surface area contributed by atoms with Crippen molar-refractivity contribution in [3.8, 4) is 17.2 Å². The smallest absolute Gasteiger partial charge is 0.203 e. The summed E-state index contributed by atoms with van der Waals surface area (Å²) in [7, 11) is 1.57. The number of ether oxygens (including phenoxy) is 4. The van der Waals surface area contributed by atoms with E-state index in [0.717, 1.165) is 0 Å². The van der Waals surface area contributed by atoms with Crippen LogP contribution in [0.3, 0.4) is 0 Å². The van der Waals surface area contributed by atoms with E-state index >= 15 is 0 Å². The number of benzene rings is 1. The maximum absolute atomic E-state index is 10.9. The molecule has 1 atom stereocenters. The van der Waals surface area contributed by atoms with Gasteiger partial charge in [-0.1, -0.05) is 23.2 Å². The van der Waals surface area contributed by atoms with Crippen LogP contribution < -0.4 is 14.2 Å². The van der Waals surface area contributed by atoms with Crippen molar-refractivity contribution in [1.29, 1.82) is 0 Å². The fourth-order valence-electron chi connectivity index (χ4n) is 3.25. The van der Waals surface area contributed by atoms with Crippen molar-refractivity contribution < 1.29 is 24.1 Å². The van der Waals surface area contributed by atoms with Crippen molar-refractivity contribution in [1.82, 2.24) is 4.98 Å². The number of methoxy groups -OCH3 is 1. The molecule has 1 spiro atoms. The summed E-state index contributed by atoms with van der Waals surface area (Å²) >= 11 is 12.4. The molecule has 4 rings (SSSR count). The molecule has 27 heavy (non-hydrogen) atoms. The first kappa shape index (κ1) is 18.6. The van der Waals surface area contributed by atoms with Crippen LogP contribution in [0, 0.1) is 5.41 Å². The molecular weight excluding hydrogens is 393 g/mol. The van der Waals surface area contributed by atoms with Crippen LogP contribution in [0.1, 0.15) is 17.2 Å². The van der Waals surface area contributed by atoms with Crippen molar-refractivity contribution in [3.05, 3.63) is 45.7 Å². The molecule has 144 valence electrons. The molecule has 1 aromatic carbocycles. The molecule has 0 bridgehead atoms. The van der Waals surface area contributed by atoms with Gasteiger partial charge in [-0.15, -0.1) is 0 Å². The molecule has 0 amide bonds. The van der Waals surface area contributed by atoms with Crippen LogP contribution in [0.4, 0.5) is 0 Å². The van der Waals surface area contributed by atoms with E-state index in [0.29, 0.717) is 64.8 Å². The quantitative estimate of drug-likeness (QED) is 0.830. The Bertz CT molecular complexity index is 836. The first-order valence-electron chi connectivity index (χ1n) is 8.53. The molecule has 1 N–H and O–H groups in total. The van der Waals surface area contributed by atoms with Gasteiger partial charge in [0.15, 0.2) is 11.5 Å². The highest BCUT2D eigenvalue weighted by molar-refractivity contribution is 6.35. The molecule has 1 unspecified atom stereocenters. The zero-order valence-corrected chi connectivity index (χ0v) is 16.2. The number of halogens is 2. The highest BCUT2D eigenvalue weighted by atomic mass is 35.5. The number of hydrogen-bond donors (Lipinski definition) is 1. The van der Waals surface area contributed by atoms with E-state index in [4.69, 9.17) is 42.1 Å². The molecule has 1 aromatic heterocycles. The van der Waals surface area contributed by atoms with Gasteiger partial charge in [0.2, 0.25) is 5.75 Å². The maximum Gasteiger partial charge on any atom is 0.203 e. The molecule has 8 heteroatoms. The number of aromatic nitrogens is 1. The van der Waals surface area contributed by atoms with E-state index in [1.54, 1.807) is 19.2 Å². The Morgan fingerprint density at radius 2 is 1.78 bits per heavy atom. The number of rotatable bonds is 4. The van der Waals surface area contributed by atoms with Crippen LogP contribution >= 0.6 is 23.2 Å². The summed E-state index contributed by atoms with van der Waals surface area (Å²) in [5.74, 6) is 1.52. The summed E-state index contributed by atoms with van der Waals surface area (Å²) in [5, 5.41) is 11.7. The number of aliphatic hydroxyl groups excluding tert-OH is 1. The molecule has 2 aliphatic heterocycles. The molecule has 0 radical (unpaired) electrons. The lowest BCUT2D eigenvalue weighted by atomic mass is 9.88. The molecule has 0 saturated carbocycles. The summed E-state index contributed by atoms with van der Waals surface area (Å²) in [4.78, 5) is 3.94. The zero-order valence-electron chi connectivity index (χ0n) is 14.7. The van der Waals surface area contributed by atoms with Gasteiger partial charge in [0, 0.05) is 24.4 Å². The van der Waals surface area contributed by atoms with E-state index in [-0.39, 0.29) is 11.8 Å². The average molecular weight is 412 g/mol. The summed E-state index contributed by atoms with van der Waals surface area (Å²) < 4.78 is 22.8. The first-order valence-corrected chi connectivity index (χ1v) is 9.29. The van der Waals surface area contributed by atoms with E-state index in [2.05, 4.69) is 4.98 Å². The molecule has 2 aliphatic rings. The van der Waals surface area contributed by atoms with Crippen molar-refractivity contribution in [3.63, 3.8) is 0 Å². The standard InChI is InChI=1S/C19H19Cl2NO5/c1-24-16-3-2-11(15(23)4-12-13(20)5-22-6-14(12)21)17-18(16)27-10-19(9-26-17)7-25-8-19/h2-3,5-6,15,23H,4,7-10H2,1H3. The second kappa shape index (κ2) is 7.36. The van der Waals surface area contributed by atoms with Crippen molar-refractivity contribution in [2.45, 2.75) is 12.5 Å². The van der Waals surface area contributed by atoms with Gasteiger partial charge in [-0.2, -0.15) is 0 Å². The third-order valence-electron chi connectivity index (χ3n) is 4.90. The topological polar surface area (TPSA) is 70.0 Å². The minimum absolute atomic E-state index is 0.163. The maximum atomic E-state index is 10.9. The number of aliphatic hydroxyl groups is 1. The molecular formula is C19H19Cl2NO5. The summed E-state index contributed by atoms with van der Waals surface area (Å²) in [6, 6.07) is 3.52. The highest BCUT2D eigenvalue weighted by Gasteiger charge is 2.43. The van der Waals surface area contributed by atoms with Crippen LogP contribution in [0.5, 0.6) is 17.2 Å². The van der Waals surface area contributed by atoms with Gasteiger partial charge in [0.05, 0.1) is 41.9 Å². The van der Waals surface area contributed by atoms with E-state index in [1.165, 1.54) is 12.4 Å². The predicted molar refractivity (Wildman–Crippen MR) is 100 cm³/mol. The van der Waals surface area contributed by atoms with E-state index < -0.39 is 6.10 Å². The Kier molecular flexibility index (Phi) is 5.07. The van der Waals surface area contributed by atoms with Crippen molar-refractivity contribution in [2.24, 2.45) is 5.41 Å². The highest BCUT2D eigenvalue weighted by Crippen LogP contribution is 2.47. The molecule has 1 saturated heterocycles. The normalized spacial score (nSPS) is 18.5. The summed E-state index contributed by atoms with van der Waals surface area (Å²) in [5.41, 5.74) is 1.06. The number of hydrogen-bond acceptors (Lipinski definition) is 6. The Hall–Kier alpha value is -1.73. The Balaban J connectivity index is 1.67. The Labute approximate surface area is 166 Å². The number of fused-ring (bicyclic) bond motifs is 1. The Morgan fingerprint density at radius 1 is 1.11 bits per heavy atom. The SMILES string of the molecule is COc1ccc(C(O)Cc2c(Cl)cncc2Cl)c2c1OCC1(COC1)CO2. The van der Waals surface area contributed by atoms with Gasteiger partial charge in [-0.05, 0) is 17.7 Å². The minimum atomic E-state index is -0.891. The van der Waals surface area contributed by atoms with Crippen LogP contribution in [0.15, 0.2) is 24.5 Å². The zero-order chi connectivity index (χ0) is 19.0. The third-order valence-corrected chi connectivity index (χ3v) is 5.55. The van der Waals surface area contributed by atoms with Crippen LogP contribution in [0.25, 0.3) is 0 Å². The van der Waals surface area contributed by atoms with Gasteiger partial charge in [-0.3, -0.25) is 4.98 Å². The predicted octanol–water partition coefficient (Wildman–Crippen LogP) is 3.46. The summed E-state index contributed by atoms with van der Waals surface area (Å²) in [6.07, 6.45) is 2.34. The fourth-order valence-corrected chi connectivity index (χ4v) is 3.77. The van der Waals surface area contributed by atoms with E-state index in [9.17, 15) is 5.11 Å². The van der Waals surface area contributed by atoms with Crippen LogP contribution in [0.2, 0.25) is 10.0 Å². The van der Waals surface area contributed by atoms with Gasteiger partial charge in [0.1, 0.15) is 13.2 Å². The molecule has 1 fully saturated rings. The summed E-state index contributed by atoms with van der Waals surface area (Å²) in [6.45, 7) is 2.09.